The second-order valence-corrected chi connectivity index (χ2v) is 4.86. The number of hydrogen-bond acceptors (Lipinski definition) is 2. The van der Waals surface area contributed by atoms with Gasteiger partial charge in [0.25, 0.3) is 0 Å². The van der Waals surface area contributed by atoms with Crippen LogP contribution in [0.5, 0.6) is 0 Å². The molecule has 0 radical (unpaired) electrons. The van der Waals surface area contributed by atoms with Crippen LogP contribution in [0.1, 0.15) is 11.1 Å². The number of aryl methyl sites for hydroxylation is 1. The molecule has 2 heterocycles. The van der Waals surface area contributed by atoms with E-state index in [1.54, 1.807) is 0 Å². The lowest BCUT2D eigenvalue weighted by Crippen LogP contribution is -1.90. The van der Waals surface area contributed by atoms with E-state index in [0.717, 1.165) is 13.0 Å². The van der Waals surface area contributed by atoms with Gasteiger partial charge in [0.15, 0.2) is 0 Å². The highest BCUT2D eigenvalue weighted by Gasteiger charge is 2.16. The molecule has 0 atom stereocenters. The van der Waals surface area contributed by atoms with Crippen LogP contribution in [0.3, 0.4) is 0 Å². The molecule has 0 amide bonds. The van der Waals surface area contributed by atoms with E-state index in [1.165, 1.54) is 27.3 Å². The van der Waals surface area contributed by atoms with Crippen molar-refractivity contribution in [2.45, 2.75) is 13.3 Å². The molecule has 0 spiro atoms. The molecule has 1 N–H and O–H groups in total. The normalized spacial score (nSPS) is 13.7. The third-order valence-corrected chi connectivity index (χ3v) is 4.02. The number of nitrogens with one attached hydrogen (secondary N) is 1. The lowest BCUT2D eigenvalue weighted by atomic mass is 10.0. The molecule has 0 saturated heterocycles. The summed E-state index contributed by atoms with van der Waals surface area (Å²) in [6, 6.07) is 8.76. The van der Waals surface area contributed by atoms with E-state index in [0.29, 0.717) is 0 Å². The summed E-state index contributed by atoms with van der Waals surface area (Å²) in [5.41, 5.74) is 5.62. The highest BCUT2D eigenvalue weighted by Crippen LogP contribution is 2.36. The first-order valence-corrected chi connectivity index (χ1v) is 6.14. The zero-order valence-electron chi connectivity index (χ0n) is 8.71. The summed E-state index contributed by atoms with van der Waals surface area (Å²) in [5.74, 6) is 0. The molecule has 3 rings (SSSR count). The van der Waals surface area contributed by atoms with E-state index < -0.39 is 0 Å². The molecule has 0 fully saturated rings. The van der Waals surface area contributed by atoms with Crippen LogP contribution in [0.4, 0.5) is 5.69 Å². The van der Waals surface area contributed by atoms with Crippen molar-refractivity contribution in [3.63, 3.8) is 0 Å². The van der Waals surface area contributed by atoms with Gasteiger partial charge in [0.2, 0.25) is 0 Å². The summed E-state index contributed by atoms with van der Waals surface area (Å²) < 4.78 is 0. The van der Waals surface area contributed by atoms with Gasteiger partial charge < -0.3 is 5.32 Å². The average Bonchev–Trinajstić information content (AvgIpc) is 2.85. The van der Waals surface area contributed by atoms with Gasteiger partial charge in [-0.1, -0.05) is 12.1 Å². The Kier molecular flexibility index (Phi) is 2.03. The predicted molar refractivity (Wildman–Crippen MR) is 66.7 cm³/mol. The third-order valence-electron chi connectivity index (χ3n) is 2.97. The molecule has 0 aliphatic carbocycles. The van der Waals surface area contributed by atoms with Crippen LogP contribution in [-0.4, -0.2) is 6.54 Å². The van der Waals surface area contributed by atoms with Crippen LogP contribution in [0.25, 0.3) is 10.4 Å². The number of anilines is 1. The maximum atomic E-state index is 3.43. The minimum absolute atomic E-state index is 1.08. The Bertz CT molecular complexity index is 499. The summed E-state index contributed by atoms with van der Waals surface area (Å²) in [5, 5.41) is 5.60. The van der Waals surface area contributed by atoms with Crippen molar-refractivity contribution in [1.29, 1.82) is 0 Å². The second-order valence-electron chi connectivity index (χ2n) is 3.94. The zero-order valence-corrected chi connectivity index (χ0v) is 9.53. The van der Waals surface area contributed by atoms with E-state index in [-0.39, 0.29) is 0 Å². The zero-order chi connectivity index (χ0) is 10.3. The van der Waals surface area contributed by atoms with Crippen molar-refractivity contribution in [3.8, 4) is 10.4 Å². The van der Waals surface area contributed by atoms with Gasteiger partial charge in [-0.15, -0.1) is 11.3 Å². The Morgan fingerprint density at radius 1 is 1.27 bits per heavy atom. The Morgan fingerprint density at radius 3 is 3.00 bits per heavy atom. The van der Waals surface area contributed by atoms with Gasteiger partial charge in [-0.2, -0.15) is 0 Å². The first kappa shape index (κ1) is 8.98. The number of fused-ring (bicyclic) bond motifs is 1. The van der Waals surface area contributed by atoms with Gasteiger partial charge in [-0.25, -0.2) is 0 Å². The molecule has 2 heteroatoms. The minimum atomic E-state index is 1.08. The van der Waals surface area contributed by atoms with Crippen molar-refractivity contribution in [3.05, 3.63) is 40.8 Å². The molecule has 15 heavy (non-hydrogen) atoms. The molecule has 0 saturated carbocycles. The fourth-order valence-electron chi connectivity index (χ4n) is 2.21. The SMILES string of the molecule is Cc1ccsc1-c1cccc2c1CCN2. The van der Waals surface area contributed by atoms with Gasteiger partial charge in [0.05, 0.1) is 0 Å². The highest BCUT2D eigenvalue weighted by atomic mass is 32.1. The quantitative estimate of drug-likeness (QED) is 0.765. The summed E-state index contributed by atoms with van der Waals surface area (Å²) in [6.45, 7) is 3.27. The first-order valence-electron chi connectivity index (χ1n) is 5.26. The van der Waals surface area contributed by atoms with E-state index in [2.05, 4.69) is 41.9 Å². The Morgan fingerprint density at radius 2 is 2.20 bits per heavy atom. The van der Waals surface area contributed by atoms with E-state index in [1.807, 2.05) is 11.3 Å². The average molecular weight is 215 g/mol. The molecule has 2 aromatic rings. The number of hydrogen-bond donors (Lipinski definition) is 1. The fraction of sp³-hybridized carbons (Fsp3) is 0.231. The van der Waals surface area contributed by atoms with E-state index in [4.69, 9.17) is 0 Å². The van der Waals surface area contributed by atoms with Gasteiger partial charge in [0, 0.05) is 17.1 Å². The molecule has 1 aromatic carbocycles. The summed E-state index contributed by atoms with van der Waals surface area (Å²) in [6.07, 6.45) is 1.16. The molecule has 0 unspecified atom stereocenters. The molecule has 0 bridgehead atoms. The van der Waals surface area contributed by atoms with Crippen molar-refractivity contribution >= 4 is 17.0 Å². The van der Waals surface area contributed by atoms with Crippen LogP contribution in [0.2, 0.25) is 0 Å². The maximum absolute atomic E-state index is 3.43. The molecule has 1 aliphatic rings. The number of rotatable bonds is 1. The molecular weight excluding hydrogens is 202 g/mol. The van der Waals surface area contributed by atoms with E-state index in [9.17, 15) is 0 Å². The van der Waals surface area contributed by atoms with Crippen molar-refractivity contribution in [2.24, 2.45) is 0 Å². The van der Waals surface area contributed by atoms with Crippen LogP contribution in [-0.2, 0) is 6.42 Å². The van der Waals surface area contributed by atoms with Gasteiger partial charge in [-0.05, 0) is 47.5 Å². The number of thiophene rings is 1. The highest BCUT2D eigenvalue weighted by molar-refractivity contribution is 7.13. The Hall–Kier alpha value is -1.28. The summed E-state index contributed by atoms with van der Waals surface area (Å²) in [4.78, 5) is 1.43. The van der Waals surface area contributed by atoms with Crippen LogP contribution in [0.15, 0.2) is 29.6 Å². The van der Waals surface area contributed by atoms with Crippen LogP contribution >= 0.6 is 11.3 Å². The predicted octanol–water partition coefficient (Wildman–Crippen LogP) is 3.69. The van der Waals surface area contributed by atoms with Gasteiger partial charge in [-0.3, -0.25) is 0 Å². The van der Waals surface area contributed by atoms with Crippen LogP contribution in [0, 0.1) is 6.92 Å². The minimum Gasteiger partial charge on any atom is -0.384 e. The van der Waals surface area contributed by atoms with Crippen molar-refractivity contribution in [1.82, 2.24) is 0 Å². The Labute approximate surface area is 93.8 Å². The monoisotopic (exact) mass is 215 g/mol. The lowest BCUT2D eigenvalue weighted by molar-refractivity contribution is 1.11. The maximum Gasteiger partial charge on any atom is 0.0380 e. The van der Waals surface area contributed by atoms with E-state index >= 15 is 0 Å². The smallest absolute Gasteiger partial charge is 0.0380 e. The van der Waals surface area contributed by atoms with Gasteiger partial charge in [0.1, 0.15) is 0 Å². The second kappa shape index (κ2) is 3.38. The largest absolute Gasteiger partial charge is 0.384 e. The summed E-state index contributed by atoms with van der Waals surface area (Å²) in [7, 11) is 0. The third kappa shape index (κ3) is 1.37. The Balaban J connectivity index is 2.21. The molecular formula is C13H13NS. The molecule has 1 nitrogen and oxygen atoms in total. The topological polar surface area (TPSA) is 12.0 Å². The first-order chi connectivity index (χ1) is 7.36. The molecule has 76 valence electrons. The van der Waals surface area contributed by atoms with Crippen molar-refractivity contribution in [2.75, 3.05) is 11.9 Å². The lowest BCUT2D eigenvalue weighted by Gasteiger charge is -2.06. The van der Waals surface area contributed by atoms with Gasteiger partial charge >= 0.3 is 0 Å². The fourth-order valence-corrected chi connectivity index (χ4v) is 3.19. The molecule has 1 aliphatic heterocycles. The van der Waals surface area contributed by atoms with Crippen LogP contribution < -0.4 is 5.32 Å². The standard InChI is InChI=1S/C13H13NS/c1-9-6-8-15-13(9)11-3-2-4-12-10(11)5-7-14-12/h2-4,6,8,14H,5,7H2,1H3. The molecule has 1 aromatic heterocycles. The summed E-state index contributed by atoms with van der Waals surface area (Å²) >= 11 is 1.84. The number of benzene rings is 1. The van der Waals surface area contributed by atoms with Crippen molar-refractivity contribution < 1.29 is 0 Å².